The predicted octanol–water partition coefficient (Wildman–Crippen LogP) is 3.56. The molecule has 0 fully saturated rings. The lowest BCUT2D eigenvalue weighted by molar-refractivity contribution is 0.340. The average molecular weight is 288 g/mol. The Balaban J connectivity index is 2.12. The van der Waals surface area contributed by atoms with Crippen molar-refractivity contribution in [3.05, 3.63) is 48.4 Å². The molecule has 4 nitrogen and oxygen atoms in total. The van der Waals surface area contributed by atoms with Gasteiger partial charge in [0.1, 0.15) is 17.1 Å². The molecule has 3 rings (SSSR count). The van der Waals surface area contributed by atoms with Gasteiger partial charge in [0.2, 0.25) is 0 Å². The van der Waals surface area contributed by atoms with Crippen molar-refractivity contribution in [2.24, 2.45) is 0 Å². The number of benzene rings is 1. The molecular formula is C15H14ClN3O. The number of fused-ring (bicyclic) bond motifs is 1. The van der Waals surface area contributed by atoms with Gasteiger partial charge in [-0.3, -0.25) is 4.57 Å². The van der Waals surface area contributed by atoms with Crippen molar-refractivity contribution in [3.63, 3.8) is 0 Å². The first-order valence-electron chi connectivity index (χ1n) is 6.45. The van der Waals surface area contributed by atoms with Crippen LogP contribution < -0.4 is 4.74 Å². The third-order valence-electron chi connectivity index (χ3n) is 3.01. The van der Waals surface area contributed by atoms with Crippen LogP contribution >= 0.6 is 11.6 Å². The second-order valence-electron chi connectivity index (χ2n) is 4.27. The fourth-order valence-corrected chi connectivity index (χ4v) is 2.36. The maximum absolute atomic E-state index is 6.00. The van der Waals surface area contributed by atoms with Crippen LogP contribution in [0.1, 0.15) is 12.7 Å². The van der Waals surface area contributed by atoms with Crippen LogP contribution in [0.25, 0.3) is 16.9 Å². The molecule has 0 saturated heterocycles. The zero-order chi connectivity index (χ0) is 13.9. The molecule has 0 bridgehead atoms. The molecule has 5 heteroatoms. The summed E-state index contributed by atoms with van der Waals surface area (Å²) in [5.74, 6) is 1.97. The summed E-state index contributed by atoms with van der Waals surface area (Å²) < 4.78 is 7.43. The van der Waals surface area contributed by atoms with E-state index in [-0.39, 0.29) is 0 Å². The van der Waals surface area contributed by atoms with E-state index in [4.69, 9.17) is 16.3 Å². The van der Waals surface area contributed by atoms with Gasteiger partial charge in [0.05, 0.1) is 12.5 Å². The minimum absolute atomic E-state index is 0.337. The van der Waals surface area contributed by atoms with E-state index in [1.54, 1.807) is 6.20 Å². The highest BCUT2D eigenvalue weighted by Crippen LogP contribution is 2.22. The van der Waals surface area contributed by atoms with Gasteiger partial charge in [-0.25, -0.2) is 9.97 Å². The van der Waals surface area contributed by atoms with Crippen molar-refractivity contribution in [3.8, 4) is 11.4 Å². The van der Waals surface area contributed by atoms with Gasteiger partial charge in [-0.15, -0.1) is 11.6 Å². The van der Waals surface area contributed by atoms with Gasteiger partial charge in [0, 0.05) is 11.9 Å². The maximum Gasteiger partial charge on any atom is 0.164 e. The van der Waals surface area contributed by atoms with Crippen molar-refractivity contribution >= 4 is 22.8 Å². The van der Waals surface area contributed by atoms with E-state index in [0.29, 0.717) is 12.5 Å². The Morgan fingerprint density at radius 1 is 1.20 bits per heavy atom. The SMILES string of the molecule is CCOc1ccc(-n2c(CCl)nc3cccnc32)cc1. The van der Waals surface area contributed by atoms with Crippen LogP contribution in [0.4, 0.5) is 0 Å². The predicted molar refractivity (Wildman–Crippen MR) is 79.6 cm³/mol. The number of hydrogen-bond acceptors (Lipinski definition) is 3. The van der Waals surface area contributed by atoms with Gasteiger partial charge in [0.15, 0.2) is 5.65 Å². The number of rotatable bonds is 4. The molecule has 2 heterocycles. The molecular weight excluding hydrogens is 274 g/mol. The van der Waals surface area contributed by atoms with E-state index >= 15 is 0 Å². The van der Waals surface area contributed by atoms with Gasteiger partial charge in [-0.05, 0) is 43.3 Å². The van der Waals surface area contributed by atoms with Gasteiger partial charge in [-0.1, -0.05) is 0 Å². The number of imidazole rings is 1. The van der Waals surface area contributed by atoms with Crippen LogP contribution in [0.3, 0.4) is 0 Å². The van der Waals surface area contributed by atoms with E-state index in [0.717, 1.165) is 28.4 Å². The maximum atomic E-state index is 6.00. The normalized spacial score (nSPS) is 10.9. The molecule has 3 aromatic rings. The first kappa shape index (κ1) is 12.9. The molecule has 0 atom stereocenters. The second-order valence-corrected chi connectivity index (χ2v) is 4.54. The topological polar surface area (TPSA) is 39.9 Å². The van der Waals surface area contributed by atoms with Crippen LogP contribution in [0.15, 0.2) is 42.6 Å². The molecule has 0 amide bonds. The Morgan fingerprint density at radius 2 is 2.00 bits per heavy atom. The number of pyridine rings is 1. The molecule has 102 valence electrons. The molecule has 20 heavy (non-hydrogen) atoms. The second kappa shape index (κ2) is 5.51. The Bertz CT molecular complexity index is 722. The van der Waals surface area contributed by atoms with Crippen LogP contribution in [0.5, 0.6) is 5.75 Å². The van der Waals surface area contributed by atoms with Gasteiger partial charge in [-0.2, -0.15) is 0 Å². The summed E-state index contributed by atoms with van der Waals surface area (Å²) in [6.07, 6.45) is 1.76. The van der Waals surface area contributed by atoms with Crippen molar-refractivity contribution in [2.75, 3.05) is 6.61 Å². The Morgan fingerprint density at radius 3 is 2.70 bits per heavy atom. The van der Waals surface area contributed by atoms with E-state index in [1.807, 2.05) is 47.9 Å². The third-order valence-corrected chi connectivity index (χ3v) is 3.25. The molecule has 0 aliphatic carbocycles. The fourth-order valence-electron chi connectivity index (χ4n) is 2.18. The lowest BCUT2D eigenvalue weighted by atomic mass is 10.3. The zero-order valence-electron chi connectivity index (χ0n) is 11.1. The fraction of sp³-hybridized carbons (Fsp3) is 0.200. The third kappa shape index (κ3) is 2.23. The molecule has 0 aliphatic heterocycles. The summed E-state index contributed by atoms with van der Waals surface area (Å²) in [6.45, 7) is 2.62. The van der Waals surface area contributed by atoms with Crippen LogP contribution in [-0.4, -0.2) is 21.1 Å². The Kier molecular flexibility index (Phi) is 3.56. The first-order valence-corrected chi connectivity index (χ1v) is 6.98. The highest BCUT2D eigenvalue weighted by Gasteiger charge is 2.12. The minimum atomic E-state index is 0.337. The number of ether oxygens (including phenoxy) is 1. The van der Waals surface area contributed by atoms with Crippen molar-refractivity contribution < 1.29 is 4.74 Å². The molecule has 2 aromatic heterocycles. The van der Waals surface area contributed by atoms with Crippen LogP contribution in [0.2, 0.25) is 0 Å². The van der Waals surface area contributed by atoms with Gasteiger partial charge >= 0.3 is 0 Å². The van der Waals surface area contributed by atoms with E-state index in [1.165, 1.54) is 0 Å². The summed E-state index contributed by atoms with van der Waals surface area (Å²) in [6, 6.07) is 11.6. The lowest BCUT2D eigenvalue weighted by Gasteiger charge is -2.08. The molecule has 0 spiro atoms. The first-order chi connectivity index (χ1) is 9.83. The molecule has 0 radical (unpaired) electrons. The molecule has 0 N–H and O–H groups in total. The Labute approximate surface area is 122 Å². The van der Waals surface area contributed by atoms with Crippen molar-refractivity contribution in [1.82, 2.24) is 14.5 Å². The quantitative estimate of drug-likeness (QED) is 0.689. The molecule has 0 aliphatic rings. The largest absolute Gasteiger partial charge is 0.494 e. The summed E-state index contributed by atoms with van der Waals surface area (Å²) in [4.78, 5) is 8.90. The summed E-state index contributed by atoms with van der Waals surface area (Å²) in [5.41, 5.74) is 2.63. The average Bonchev–Trinajstić information content (AvgIpc) is 2.87. The van der Waals surface area contributed by atoms with Crippen molar-refractivity contribution in [2.45, 2.75) is 12.8 Å². The number of nitrogens with zero attached hydrogens (tertiary/aromatic N) is 3. The molecule has 1 aromatic carbocycles. The van der Waals surface area contributed by atoms with Gasteiger partial charge < -0.3 is 4.74 Å². The monoisotopic (exact) mass is 287 g/mol. The summed E-state index contributed by atoms with van der Waals surface area (Å²) >= 11 is 6.00. The summed E-state index contributed by atoms with van der Waals surface area (Å²) in [5, 5.41) is 0. The number of hydrogen-bond donors (Lipinski definition) is 0. The van der Waals surface area contributed by atoms with Crippen molar-refractivity contribution in [1.29, 1.82) is 0 Å². The number of halogens is 1. The lowest BCUT2D eigenvalue weighted by Crippen LogP contribution is -2.00. The van der Waals surface area contributed by atoms with E-state index in [9.17, 15) is 0 Å². The molecule has 0 saturated carbocycles. The number of alkyl halides is 1. The van der Waals surface area contributed by atoms with Crippen LogP contribution in [0, 0.1) is 0 Å². The Hall–Kier alpha value is -2.07. The highest BCUT2D eigenvalue weighted by molar-refractivity contribution is 6.16. The van der Waals surface area contributed by atoms with E-state index in [2.05, 4.69) is 9.97 Å². The van der Waals surface area contributed by atoms with Crippen LogP contribution in [-0.2, 0) is 5.88 Å². The summed E-state index contributed by atoms with van der Waals surface area (Å²) in [7, 11) is 0. The minimum Gasteiger partial charge on any atom is -0.494 e. The van der Waals surface area contributed by atoms with Gasteiger partial charge in [0.25, 0.3) is 0 Å². The molecule has 0 unspecified atom stereocenters. The smallest absolute Gasteiger partial charge is 0.164 e. The number of aromatic nitrogens is 3. The zero-order valence-corrected chi connectivity index (χ0v) is 11.8. The van der Waals surface area contributed by atoms with E-state index < -0.39 is 0 Å². The standard InChI is InChI=1S/C15H14ClN3O/c1-2-20-12-7-5-11(6-8-12)19-14(10-16)18-13-4-3-9-17-15(13)19/h3-9H,2,10H2,1H3. The highest BCUT2D eigenvalue weighted by atomic mass is 35.5.